The summed E-state index contributed by atoms with van der Waals surface area (Å²) in [5.41, 5.74) is 2.59. The van der Waals surface area contributed by atoms with Gasteiger partial charge in [-0.15, -0.1) is 0 Å². The van der Waals surface area contributed by atoms with Crippen LogP contribution >= 0.6 is 11.6 Å². The molecule has 2 aliphatic rings. The smallest absolute Gasteiger partial charge is 0.241 e. The molecule has 0 radical (unpaired) electrons. The van der Waals surface area contributed by atoms with Crippen molar-refractivity contribution in [3.63, 3.8) is 0 Å². The number of carbonyl (C=O) groups excluding carboxylic acids is 2. The summed E-state index contributed by atoms with van der Waals surface area (Å²) in [6, 6.07) is 12.7. The van der Waals surface area contributed by atoms with Gasteiger partial charge >= 0.3 is 0 Å². The number of amides is 2. The predicted octanol–water partition coefficient (Wildman–Crippen LogP) is 3.68. The molecule has 0 aromatic heterocycles. The van der Waals surface area contributed by atoms with Gasteiger partial charge in [-0.1, -0.05) is 29.8 Å². The molecule has 2 amide bonds. The summed E-state index contributed by atoms with van der Waals surface area (Å²) >= 11 is 5.94. The van der Waals surface area contributed by atoms with Crippen LogP contribution in [-0.2, 0) is 16.0 Å². The lowest BCUT2D eigenvalue weighted by Gasteiger charge is -2.34. The maximum absolute atomic E-state index is 12.9. The van der Waals surface area contributed by atoms with Gasteiger partial charge in [-0.25, -0.2) is 0 Å². The quantitative estimate of drug-likeness (QED) is 0.730. The monoisotopic (exact) mass is 427 g/mol. The Bertz CT molecular complexity index is 941. The zero-order chi connectivity index (χ0) is 21.1. The molecule has 2 aromatic rings. The third-order valence-electron chi connectivity index (χ3n) is 5.95. The summed E-state index contributed by atoms with van der Waals surface area (Å²) in [5.74, 6) is -0.152. The van der Waals surface area contributed by atoms with Crippen molar-refractivity contribution in [3.05, 3.63) is 53.1 Å². The molecule has 6 nitrogen and oxygen atoms in total. The van der Waals surface area contributed by atoms with E-state index in [1.54, 1.807) is 12.1 Å². The van der Waals surface area contributed by atoms with Gasteiger partial charge < -0.3 is 15.3 Å². The van der Waals surface area contributed by atoms with Crippen LogP contribution in [0.15, 0.2) is 42.5 Å². The van der Waals surface area contributed by atoms with E-state index in [0.717, 1.165) is 25.1 Å². The molecule has 2 N–H and O–H groups in total. The highest BCUT2D eigenvalue weighted by atomic mass is 35.5. The van der Waals surface area contributed by atoms with Gasteiger partial charge in [0, 0.05) is 23.2 Å². The number of piperidine rings is 1. The number of likely N-dealkylation sites (tertiary alicyclic amines) is 1. The van der Waals surface area contributed by atoms with Gasteiger partial charge in [0.1, 0.15) is 5.75 Å². The third-order valence-corrected chi connectivity index (χ3v) is 6.18. The Morgan fingerprint density at radius 3 is 2.67 bits per heavy atom. The largest absolute Gasteiger partial charge is 0.506 e. The lowest BCUT2D eigenvalue weighted by molar-refractivity contribution is -0.122. The number of halogens is 1. The molecular weight excluding hydrogens is 402 g/mol. The Kier molecular flexibility index (Phi) is 6.25. The number of nitrogens with zero attached hydrogens (tertiary/aromatic N) is 2. The second kappa shape index (κ2) is 9.06. The van der Waals surface area contributed by atoms with Crippen LogP contribution in [0.25, 0.3) is 0 Å². The van der Waals surface area contributed by atoms with Crippen LogP contribution in [0.3, 0.4) is 0 Å². The number of phenolic OH excluding ortho intramolecular Hbond substituents is 1. The highest BCUT2D eigenvalue weighted by Gasteiger charge is 2.29. The first kappa shape index (κ1) is 20.7. The van der Waals surface area contributed by atoms with Crippen LogP contribution in [0.5, 0.6) is 5.75 Å². The first-order valence-electron chi connectivity index (χ1n) is 10.4. The first-order chi connectivity index (χ1) is 14.5. The predicted molar refractivity (Wildman–Crippen MR) is 118 cm³/mol. The van der Waals surface area contributed by atoms with E-state index in [4.69, 9.17) is 11.6 Å². The van der Waals surface area contributed by atoms with Crippen LogP contribution in [0.4, 0.5) is 11.4 Å². The Balaban J connectivity index is 1.30. The molecule has 1 fully saturated rings. The van der Waals surface area contributed by atoms with E-state index >= 15 is 0 Å². The zero-order valence-electron chi connectivity index (χ0n) is 16.8. The molecule has 158 valence electrons. The molecule has 4 rings (SSSR count). The Morgan fingerprint density at radius 1 is 1.10 bits per heavy atom. The van der Waals surface area contributed by atoms with Crippen molar-refractivity contribution < 1.29 is 14.7 Å². The third kappa shape index (κ3) is 4.60. The minimum Gasteiger partial charge on any atom is -0.506 e. The Hall–Kier alpha value is -2.57. The van der Waals surface area contributed by atoms with Gasteiger partial charge in [0.15, 0.2) is 0 Å². The van der Waals surface area contributed by atoms with E-state index in [2.05, 4.69) is 16.3 Å². The molecule has 0 aliphatic carbocycles. The number of hydrogen-bond acceptors (Lipinski definition) is 4. The van der Waals surface area contributed by atoms with Crippen molar-refractivity contribution in [3.8, 4) is 5.75 Å². The fourth-order valence-corrected chi connectivity index (χ4v) is 4.44. The highest BCUT2D eigenvalue weighted by Crippen LogP contribution is 2.29. The van der Waals surface area contributed by atoms with Gasteiger partial charge in [0.2, 0.25) is 11.8 Å². The Morgan fingerprint density at radius 2 is 1.87 bits per heavy atom. The maximum Gasteiger partial charge on any atom is 0.241 e. The summed E-state index contributed by atoms with van der Waals surface area (Å²) < 4.78 is 0. The summed E-state index contributed by atoms with van der Waals surface area (Å²) in [4.78, 5) is 29.5. The lowest BCUT2D eigenvalue weighted by atomic mass is 9.95. The van der Waals surface area contributed by atoms with Crippen LogP contribution in [0.1, 0.15) is 24.8 Å². The number of aromatic hydroxyl groups is 1. The Labute approximate surface area is 181 Å². The zero-order valence-corrected chi connectivity index (χ0v) is 17.6. The van der Waals surface area contributed by atoms with E-state index < -0.39 is 0 Å². The number of benzene rings is 2. The van der Waals surface area contributed by atoms with Crippen LogP contribution < -0.4 is 10.2 Å². The summed E-state index contributed by atoms with van der Waals surface area (Å²) in [6.45, 7) is 2.53. The van der Waals surface area contributed by atoms with Gasteiger partial charge in [-0.05, 0) is 68.6 Å². The van der Waals surface area contributed by atoms with Crippen molar-refractivity contribution in [2.75, 3.05) is 36.4 Å². The number of phenols is 1. The number of rotatable bonds is 4. The van der Waals surface area contributed by atoms with E-state index in [9.17, 15) is 14.7 Å². The molecule has 0 atom stereocenters. The highest BCUT2D eigenvalue weighted by molar-refractivity contribution is 6.31. The average molecular weight is 428 g/mol. The minimum atomic E-state index is -0.148. The number of aryl methyl sites for hydroxylation is 1. The van der Waals surface area contributed by atoms with Crippen LogP contribution in [0, 0.1) is 5.92 Å². The molecule has 0 spiro atoms. The maximum atomic E-state index is 12.9. The number of carbonyl (C=O) groups is 2. The van der Waals surface area contributed by atoms with E-state index in [0.29, 0.717) is 43.2 Å². The number of nitrogens with one attached hydrogen (secondary N) is 1. The molecule has 0 bridgehead atoms. The van der Waals surface area contributed by atoms with Crippen molar-refractivity contribution in [2.24, 2.45) is 5.92 Å². The van der Waals surface area contributed by atoms with Crippen molar-refractivity contribution in [1.82, 2.24) is 4.90 Å². The molecule has 0 unspecified atom stereocenters. The molecule has 2 aliphatic heterocycles. The van der Waals surface area contributed by atoms with E-state index in [1.807, 2.05) is 23.1 Å². The molecule has 7 heteroatoms. The van der Waals surface area contributed by atoms with Crippen LogP contribution in [0.2, 0.25) is 5.02 Å². The molecule has 0 saturated carbocycles. The first-order valence-corrected chi connectivity index (χ1v) is 10.8. The second-order valence-electron chi connectivity index (χ2n) is 7.98. The van der Waals surface area contributed by atoms with Gasteiger partial charge in [0.05, 0.1) is 12.2 Å². The van der Waals surface area contributed by atoms with Crippen molar-refractivity contribution >= 4 is 34.8 Å². The van der Waals surface area contributed by atoms with E-state index in [1.165, 1.54) is 11.6 Å². The molecule has 2 heterocycles. The standard InChI is InChI=1S/C23H26ClN3O3/c24-18-7-8-21(28)19(14-18)25-23(30)17-9-12-26(13-10-17)15-22(29)27-11-3-5-16-4-1-2-6-20(16)27/h1-2,4,6-8,14,17,28H,3,5,9-13,15H2,(H,25,30). The molecular formula is C23H26ClN3O3. The number of anilines is 2. The van der Waals surface area contributed by atoms with Crippen LogP contribution in [-0.4, -0.2) is 48.0 Å². The van der Waals surface area contributed by atoms with Gasteiger partial charge in [0.25, 0.3) is 0 Å². The van der Waals surface area contributed by atoms with Crippen molar-refractivity contribution in [2.45, 2.75) is 25.7 Å². The van der Waals surface area contributed by atoms with E-state index in [-0.39, 0.29) is 23.5 Å². The molecule has 30 heavy (non-hydrogen) atoms. The van der Waals surface area contributed by atoms with Crippen molar-refractivity contribution in [1.29, 1.82) is 0 Å². The normalized spacial score (nSPS) is 17.4. The number of para-hydroxylation sites is 1. The lowest BCUT2D eigenvalue weighted by Crippen LogP contribution is -2.46. The molecule has 2 aromatic carbocycles. The SMILES string of the molecule is O=C(Nc1cc(Cl)ccc1O)C1CCN(CC(=O)N2CCCc3ccccc32)CC1. The fourth-order valence-electron chi connectivity index (χ4n) is 4.27. The average Bonchev–Trinajstić information content (AvgIpc) is 2.76. The topological polar surface area (TPSA) is 72.9 Å². The number of fused-ring (bicyclic) bond motifs is 1. The fraction of sp³-hybridized carbons (Fsp3) is 0.391. The molecule has 1 saturated heterocycles. The minimum absolute atomic E-state index is 0.00223. The van der Waals surface area contributed by atoms with Gasteiger partial charge in [-0.2, -0.15) is 0 Å². The summed E-state index contributed by atoms with van der Waals surface area (Å²) in [7, 11) is 0. The van der Waals surface area contributed by atoms with Gasteiger partial charge in [-0.3, -0.25) is 14.5 Å². The second-order valence-corrected chi connectivity index (χ2v) is 8.42. The summed E-state index contributed by atoms with van der Waals surface area (Å²) in [6.07, 6.45) is 3.36. The number of hydrogen-bond donors (Lipinski definition) is 2. The summed E-state index contributed by atoms with van der Waals surface area (Å²) in [5, 5.41) is 13.1.